The monoisotopic (exact) mass is 833 g/mol. The fourth-order valence-corrected chi connectivity index (χ4v) is 10.7. The maximum absolute atomic E-state index is 6.60. The number of fused-ring (bicyclic) bond motifs is 9. The van der Waals surface area contributed by atoms with Gasteiger partial charge < -0.3 is 4.42 Å². The summed E-state index contributed by atoms with van der Waals surface area (Å²) in [7, 11) is 0. The molecule has 0 amide bonds. The quantitative estimate of drug-likeness (QED) is 0.157. The second-order valence-corrected chi connectivity index (χ2v) is 17.3. The molecule has 0 saturated carbocycles. The van der Waals surface area contributed by atoms with Crippen molar-refractivity contribution in [1.82, 2.24) is 15.0 Å². The SMILES string of the molecule is c1ccc(-c2nc(-c3ccc(-c4cccc5oc6ccc(-c7c(-c8ccccc8)c8ccccc8c8ccccc78)cc6c45)cc3)nc(-c3ccc4sc5ccccc5c4c3)n2)cc1. The van der Waals surface area contributed by atoms with Crippen LogP contribution < -0.4 is 0 Å². The van der Waals surface area contributed by atoms with Crippen LogP contribution in [0.3, 0.4) is 0 Å². The summed E-state index contributed by atoms with van der Waals surface area (Å²) in [6.07, 6.45) is 0. The number of thiophene rings is 1. The van der Waals surface area contributed by atoms with E-state index in [1.807, 2.05) is 41.7 Å². The molecule has 0 aliphatic carbocycles. The standard InChI is InChI=1S/C59H35N3OS/c1-3-14-37(15-4-1)54-46-21-9-7-18-43(46)44-19-8-10-22-47(44)55(54)40-30-32-50-49(34-40)56-42(23-13-24-51(56)63-50)36-26-28-39(29-27-36)58-60-57(38-16-5-2-6-17-38)61-59(62-58)41-31-33-53-48(35-41)45-20-11-12-25-52(45)64-53/h1-35H. The fourth-order valence-electron chi connectivity index (χ4n) is 9.58. The molecule has 13 rings (SSSR count). The van der Waals surface area contributed by atoms with E-state index in [-0.39, 0.29) is 0 Å². The summed E-state index contributed by atoms with van der Waals surface area (Å²) < 4.78 is 9.11. The minimum absolute atomic E-state index is 0.624. The zero-order valence-corrected chi connectivity index (χ0v) is 35.2. The van der Waals surface area contributed by atoms with E-state index >= 15 is 0 Å². The van der Waals surface area contributed by atoms with Crippen LogP contribution in [0.2, 0.25) is 0 Å². The van der Waals surface area contributed by atoms with Gasteiger partial charge in [-0.15, -0.1) is 11.3 Å². The number of rotatable bonds is 6. The number of benzene rings is 10. The first-order valence-corrected chi connectivity index (χ1v) is 22.3. The molecule has 0 saturated heterocycles. The van der Waals surface area contributed by atoms with Crippen LogP contribution in [0, 0.1) is 0 Å². The van der Waals surface area contributed by atoms with Crippen molar-refractivity contribution in [3.63, 3.8) is 0 Å². The van der Waals surface area contributed by atoms with E-state index in [1.54, 1.807) is 0 Å². The molecule has 0 aliphatic rings. The van der Waals surface area contributed by atoms with Gasteiger partial charge in [-0.05, 0) is 97.4 Å². The summed E-state index contributed by atoms with van der Waals surface area (Å²) in [6, 6.07) is 75.2. The zero-order chi connectivity index (χ0) is 42.1. The predicted octanol–water partition coefficient (Wildman–Crippen LogP) is 16.4. The number of hydrogen-bond donors (Lipinski definition) is 0. The summed E-state index contributed by atoms with van der Waals surface area (Å²) in [4.78, 5) is 15.2. The van der Waals surface area contributed by atoms with Crippen molar-refractivity contribution in [2.24, 2.45) is 0 Å². The maximum Gasteiger partial charge on any atom is 0.164 e. The molecule has 13 aromatic rings. The van der Waals surface area contributed by atoms with E-state index in [0.717, 1.165) is 55.3 Å². The minimum atomic E-state index is 0.624. The molecule has 4 nitrogen and oxygen atoms in total. The van der Waals surface area contributed by atoms with Crippen molar-refractivity contribution in [3.8, 4) is 67.5 Å². The second-order valence-electron chi connectivity index (χ2n) is 16.3. The zero-order valence-electron chi connectivity index (χ0n) is 34.4. The molecule has 0 aliphatic heterocycles. The van der Waals surface area contributed by atoms with E-state index in [1.165, 1.54) is 58.4 Å². The number of aromatic nitrogens is 3. The van der Waals surface area contributed by atoms with Crippen LogP contribution >= 0.6 is 11.3 Å². The number of hydrogen-bond acceptors (Lipinski definition) is 5. The summed E-state index contributed by atoms with van der Waals surface area (Å²) in [5, 5.41) is 9.56. The largest absolute Gasteiger partial charge is 0.456 e. The molecule has 64 heavy (non-hydrogen) atoms. The first kappa shape index (κ1) is 36.4. The molecule has 10 aromatic carbocycles. The fraction of sp³-hybridized carbons (Fsp3) is 0. The highest BCUT2D eigenvalue weighted by atomic mass is 32.1. The van der Waals surface area contributed by atoms with Crippen LogP contribution in [0.1, 0.15) is 0 Å². The normalized spacial score (nSPS) is 11.8. The van der Waals surface area contributed by atoms with Gasteiger partial charge in [0.25, 0.3) is 0 Å². The van der Waals surface area contributed by atoms with Crippen LogP contribution in [0.5, 0.6) is 0 Å². The van der Waals surface area contributed by atoms with E-state index in [9.17, 15) is 0 Å². The van der Waals surface area contributed by atoms with Gasteiger partial charge in [-0.3, -0.25) is 0 Å². The molecule has 0 radical (unpaired) electrons. The van der Waals surface area contributed by atoms with Crippen molar-refractivity contribution in [3.05, 3.63) is 212 Å². The maximum atomic E-state index is 6.60. The minimum Gasteiger partial charge on any atom is -0.456 e. The van der Waals surface area contributed by atoms with Crippen LogP contribution in [0.25, 0.3) is 131 Å². The smallest absolute Gasteiger partial charge is 0.164 e. The Hall–Kier alpha value is -8.25. The van der Waals surface area contributed by atoms with Gasteiger partial charge in [-0.1, -0.05) is 170 Å². The lowest BCUT2D eigenvalue weighted by molar-refractivity contribution is 0.669. The van der Waals surface area contributed by atoms with Crippen LogP contribution in [0.4, 0.5) is 0 Å². The highest BCUT2D eigenvalue weighted by Crippen LogP contribution is 2.47. The Labute approximate surface area is 372 Å². The third-order valence-corrected chi connectivity index (χ3v) is 13.7. The Balaban J connectivity index is 0.949. The molecule has 0 bridgehead atoms. The van der Waals surface area contributed by atoms with Crippen molar-refractivity contribution >= 4 is 75.0 Å². The first-order valence-electron chi connectivity index (χ1n) is 21.5. The summed E-state index contributed by atoms with van der Waals surface area (Å²) in [5.41, 5.74) is 11.5. The topological polar surface area (TPSA) is 51.8 Å². The second kappa shape index (κ2) is 14.7. The molecule has 0 spiro atoms. The lowest BCUT2D eigenvalue weighted by atomic mass is 9.84. The third kappa shape index (κ3) is 5.93. The van der Waals surface area contributed by atoms with E-state index in [4.69, 9.17) is 19.4 Å². The molecule has 3 heterocycles. The van der Waals surface area contributed by atoms with Gasteiger partial charge in [0, 0.05) is 47.6 Å². The molecule has 0 fully saturated rings. The molecular formula is C59H35N3OS. The highest BCUT2D eigenvalue weighted by molar-refractivity contribution is 7.25. The van der Waals surface area contributed by atoms with Gasteiger partial charge in [0.05, 0.1) is 0 Å². The molecular weight excluding hydrogens is 799 g/mol. The number of furan rings is 1. The van der Waals surface area contributed by atoms with Crippen molar-refractivity contribution < 1.29 is 4.42 Å². The Kier molecular flexibility index (Phi) is 8.36. The predicted molar refractivity (Wildman–Crippen MR) is 268 cm³/mol. The molecule has 5 heteroatoms. The first-order chi connectivity index (χ1) is 31.7. The van der Waals surface area contributed by atoms with E-state index < -0.39 is 0 Å². The van der Waals surface area contributed by atoms with Crippen LogP contribution in [-0.4, -0.2) is 15.0 Å². The number of nitrogens with zero attached hydrogens (tertiary/aromatic N) is 3. The molecule has 298 valence electrons. The van der Waals surface area contributed by atoms with Gasteiger partial charge in [0.1, 0.15) is 11.2 Å². The van der Waals surface area contributed by atoms with Crippen molar-refractivity contribution in [2.45, 2.75) is 0 Å². The lowest BCUT2D eigenvalue weighted by Crippen LogP contribution is -2.00. The molecule has 0 N–H and O–H groups in total. The summed E-state index contributed by atoms with van der Waals surface area (Å²) >= 11 is 1.81. The van der Waals surface area contributed by atoms with Gasteiger partial charge in [0.2, 0.25) is 0 Å². The van der Waals surface area contributed by atoms with Crippen molar-refractivity contribution in [1.29, 1.82) is 0 Å². The van der Waals surface area contributed by atoms with Crippen molar-refractivity contribution in [2.75, 3.05) is 0 Å². The average molecular weight is 834 g/mol. The van der Waals surface area contributed by atoms with E-state index in [0.29, 0.717) is 17.5 Å². The Morgan fingerprint density at radius 2 is 0.797 bits per heavy atom. The van der Waals surface area contributed by atoms with Gasteiger partial charge >= 0.3 is 0 Å². The Morgan fingerprint density at radius 3 is 1.50 bits per heavy atom. The third-order valence-electron chi connectivity index (χ3n) is 12.5. The van der Waals surface area contributed by atoms with Crippen LogP contribution in [-0.2, 0) is 0 Å². The Bertz CT molecular complexity index is 3950. The van der Waals surface area contributed by atoms with Gasteiger partial charge in [-0.2, -0.15) is 0 Å². The van der Waals surface area contributed by atoms with Gasteiger partial charge in [-0.25, -0.2) is 15.0 Å². The highest BCUT2D eigenvalue weighted by Gasteiger charge is 2.21. The molecule has 0 unspecified atom stereocenters. The lowest BCUT2D eigenvalue weighted by Gasteiger charge is -2.18. The van der Waals surface area contributed by atoms with E-state index in [2.05, 4.69) is 182 Å². The Morgan fingerprint density at radius 1 is 0.297 bits per heavy atom. The molecule has 0 atom stereocenters. The summed E-state index contributed by atoms with van der Waals surface area (Å²) in [5.74, 6) is 1.91. The average Bonchev–Trinajstić information content (AvgIpc) is 3.94. The summed E-state index contributed by atoms with van der Waals surface area (Å²) in [6.45, 7) is 0. The molecule has 3 aromatic heterocycles. The van der Waals surface area contributed by atoms with Gasteiger partial charge in [0.15, 0.2) is 17.5 Å². The van der Waals surface area contributed by atoms with Crippen LogP contribution in [0.15, 0.2) is 217 Å².